The van der Waals surface area contributed by atoms with Crippen molar-refractivity contribution < 1.29 is 9.53 Å². The molecule has 1 fully saturated rings. The van der Waals surface area contributed by atoms with E-state index >= 15 is 0 Å². The number of fused-ring (bicyclic) bond motifs is 1. The van der Waals surface area contributed by atoms with Gasteiger partial charge in [-0.1, -0.05) is 30.3 Å². The third-order valence-corrected chi connectivity index (χ3v) is 5.37. The topological polar surface area (TPSA) is 44.8 Å². The van der Waals surface area contributed by atoms with Crippen LogP contribution in [0.1, 0.15) is 18.4 Å². The van der Waals surface area contributed by atoms with E-state index < -0.39 is 0 Å². The van der Waals surface area contributed by atoms with Crippen molar-refractivity contribution >= 4 is 17.3 Å². The first-order valence-electron chi connectivity index (χ1n) is 9.86. The summed E-state index contributed by atoms with van der Waals surface area (Å²) < 4.78 is 5.98. The fraction of sp³-hybridized carbons (Fsp3) is 0.409. The zero-order valence-electron chi connectivity index (χ0n) is 15.7. The minimum absolute atomic E-state index is 0.0786. The number of hydrogen-bond donors (Lipinski definition) is 1. The number of aryl methyl sites for hydroxylation is 1. The van der Waals surface area contributed by atoms with Gasteiger partial charge < -0.3 is 15.0 Å². The highest BCUT2D eigenvalue weighted by Crippen LogP contribution is 2.32. The Balaban J connectivity index is 1.21. The van der Waals surface area contributed by atoms with Crippen LogP contribution in [0.15, 0.2) is 48.5 Å². The van der Waals surface area contributed by atoms with Gasteiger partial charge in [0.2, 0.25) is 5.91 Å². The average molecular weight is 365 g/mol. The van der Waals surface area contributed by atoms with Crippen LogP contribution in [0.2, 0.25) is 0 Å². The Bertz CT molecular complexity index is 770. The number of anilines is 2. The van der Waals surface area contributed by atoms with E-state index in [1.807, 2.05) is 12.1 Å². The Morgan fingerprint density at radius 1 is 0.926 bits per heavy atom. The van der Waals surface area contributed by atoms with Gasteiger partial charge in [0.1, 0.15) is 5.75 Å². The molecule has 4 rings (SSSR count). The van der Waals surface area contributed by atoms with E-state index in [1.165, 1.54) is 11.3 Å². The molecule has 0 atom stereocenters. The summed E-state index contributed by atoms with van der Waals surface area (Å²) in [5, 5.41) is 2.96. The Morgan fingerprint density at radius 2 is 1.74 bits per heavy atom. The van der Waals surface area contributed by atoms with Crippen LogP contribution in [0, 0.1) is 0 Å². The predicted molar refractivity (Wildman–Crippen MR) is 109 cm³/mol. The van der Waals surface area contributed by atoms with E-state index in [-0.39, 0.29) is 5.91 Å². The number of carbonyl (C=O) groups excluding carboxylic acids is 1. The molecule has 27 heavy (non-hydrogen) atoms. The Hall–Kier alpha value is -2.53. The number of ether oxygens (including phenoxy) is 1. The zero-order chi connectivity index (χ0) is 18.5. The summed E-state index contributed by atoms with van der Waals surface area (Å²) in [6.45, 7) is 6.04. The van der Waals surface area contributed by atoms with Crippen molar-refractivity contribution in [2.75, 3.05) is 49.5 Å². The van der Waals surface area contributed by atoms with Gasteiger partial charge in [-0.25, -0.2) is 0 Å². The summed E-state index contributed by atoms with van der Waals surface area (Å²) in [7, 11) is 0. The van der Waals surface area contributed by atoms with Crippen molar-refractivity contribution in [1.82, 2.24) is 4.90 Å². The number of nitrogens with zero attached hydrogens (tertiary/aromatic N) is 2. The molecular weight excluding hydrogens is 338 g/mol. The molecule has 1 saturated heterocycles. The molecule has 0 spiro atoms. The maximum atomic E-state index is 11.7. The van der Waals surface area contributed by atoms with Gasteiger partial charge in [-0.15, -0.1) is 0 Å². The van der Waals surface area contributed by atoms with Gasteiger partial charge in [0.05, 0.1) is 12.3 Å². The lowest BCUT2D eigenvalue weighted by Gasteiger charge is -2.36. The van der Waals surface area contributed by atoms with Crippen molar-refractivity contribution in [3.8, 4) is 5.75 Å². The number of hydrogen-bond acceptors (Lipinski definition) is 4. The fourth-order valence-electron chi connectivity index (χ4n) is 3.84. The molecule has 2 aliphatic rings. The van der Waals surface area contributed by atoms with E-state index in [0.717, 1.165) is 57.0 Å². The van der Waals surface area contributed by atoms with Gasteiger partial charge >= 0.3 is 0 Å². The first kappa shape index (κ1) is 17.9. The highest BCUT2D eigenvalue weighted by molar-refractivity contribution is 5.95. The molecule has 0 aromatic heterocycles. The molecule has 0 saturated carbocycles. The number of carbonyl (C=O) groups is 1. The lowest BCUT2D eigenvalue weighted by atomic mass is 10.0. The number of rotatable bonds is 6. The van der Waals surface area contributed by atoms with Crippen LogP contribution >= 0.6 is 0 Å². The van der Waals surface area contributed by atoms with Crippen LogP contribution in [0.5, 0.6) is 5.75 Å². The second kappa shape index (κ2) is 8.44. The minimum atomic E-state index is 0.0786. The standard InChI is InChI=1S/C22H27N3O2/c26-21-11-10-18-6-4-9-20(22(18)23-21)27-17-5-12-24-13-15-25(16-14-24)19-7-2-1-3-8-19/h1-4,6-9H,5,10-17H2,(H,23,26). The van der Waals surface area contributed by atoms with Crippen molar-refractivity contribution in [1.29, 1.82) is 0 Å². The summed E-state index contributed by atoms with van der Waals surface area (Å²) in [4.78, 5) is 16.6. The highest BCUT2D eigenvalue weighted by atomic mass is 16.5. The van der Waals surface area contributed by atoms with Gasteiger partial charge in [0, 0.05) is 44.8 Å². The summed E-state index contributed by atoms with van der Waals surface area (Å²) >= 11 is 0. The molecule has 5 nitrogen and oxygen atoms in total. The minimum Gasteiger partial charge on any atom is -0.491 e. The van der Waals surface area contributed by atoms with Gasteiger partial charge in [-0.2, -0.15) is 0 Å². The van der Waals surface area contributed by atoms with Gasteiger partial charge in [0.25, 0.3) is 0 Å². The molecule has 0 aliphatic carbocycles. The van der Waals surface area contributed by atoms with Crippen molar-refractivity contribution in [3.05, 3.63) is 54.1 Å². The summed E-state index contributed by atoms with van der Waals surface area (Å²) in [6, 6.07) is 16.7. The van der Waals surface area contributed by atoms with Gasteiger partial charge in [-0.3, -0.25) is 9.69 Å². The summed E-state index contributed by atoms with van der Waals surface area (Å²) in [5.74, 6) is 0.879. The number of nitrogens with one attached hydrogen (secondary N) is 1. The second-order valence-corrected chi connectivity index (χ2v) is 7.20. The van der Waals surface area contributed by atoms with E-state index in [9.17, 15) is 4.79 Å². The molecule has 5 heteroatoms. The lowest BCUT2D eigenvalue weighted by molar-refractivity contribution is -0.116. The monoisotopic (exact) mass is 365 g/mol. The molecule has 0 unspecified atom stereocenters. The van der Waals surface area contributed by atoms with E-state index in [4.69, 9.17) is 4.74 Å². The molecule has 1 N–H and O–H groups in total. The molecule has 2 heterocycles. The summed E-state index contributed by atoms with van der Waals surface area (Å²) in [6.07, 6.45) is 2.35. The molecule has 2 aliphatic heterocycles. The van der Waals surface area contributed by atoms with Crippen molar-refractivity contribution in [2.24, 2.45) is 0 Å². The van der Waals surface area contributed by atoms with Crippen LogP contribution in [0.4, 0.5) is 11.4 Å². The highest BCUT2D eigenvalue weighted by Gasteiger charge is 2.19. The van der Waals surface area contributed by atoms with Crippen LogP contribution in [0.25, 0.3) is 0 Å². The number of benzene rings is 2. The van der Waals surface area contributed by atoms with Crippen LogP contribution in [-0.4, -0.2) is 50.1 Å². The van der Waals surface area contributed by atoms with E-state index in [1.54, 1.807) is 0 Å². The largest absolute Gasteiger partial charge is 0.491 e. The Kier molecular flexibility index (Phi) is 5.58. The first-order valence-corrected chi connectivity index (χ1v) is 9.86. The third kappa shape index (κ3) is 4.42. The molecule has 0 bridgehead atoms. The first-order chi connectivity index (χ1) is 13.3. The van der Waals surface area contributed by atoms with Crippen molar-refractivity contribution in [2.45, 2.75) is 19.3 Å². The molecule has 2 aromatic carbocycles. The molecule has 2 aromatic rings. The SMILES string of the molecule is O=C1CCc2cccc(OCCCN3CCN(c4ccccc4)CC3)c2N1. The normalized spacial score (nSPS) is 17.3. The van der Waals surface area contributed by atoms with Gasteiger partial charge in [-0.05, 0) is 36.6 Å². The Morgan fingerprint density at radius 3 is 2.56 bits per heavy atom. The average Bonchev–Trinajstić information content (AvgIpc) is 2.72. The number of amides is 1. The van der Waals surface area contributed by atoms with Crippen molar-refractivity contribution in [3.63, 3.8) is 0 Å². The molecule has 0 radical (unpaired) electrons. The smallest absolute Gasteiger partial charge is 0.224 e. The van der Waals surface area contributed by atoms with Crippen LogP contribution in [-0.2, 0) is 11.2 Å². The molecule has 142 valence electrons. The second-order valence-electron chi connectivity index (χ2n) is 7.20. The maximum absolute atomic E-state index is 11.7. The maximum Gasteiger partial charge on any atom is 0.224 e. The third-order valence-electron chi connectivity index (χ3n) is 5.37. The number of para-hydroxylation sites is 2. The quantitative estimate of drug-likeness (QED) is 0.799. The van der Waals surface area contributed by atoms with Crippen LogP contribution in [0.3, 0.4) is 0 Å². The zero-order valence-corrected chi connectivity index (χ0v) is 15.7. The fourth-order valence-corrected chi connectivity index (χ4v) is 3.84. The number of piperazine rings is 1. The van der Waals surface area contributed by atoms with Crippen LogP contribution < -0.4 is 15.0 Å². The predicted octanol–water partition coefficient (Wildman–Crippen LogP) is 3.16. The van der Waals surface area contributed by atoms with E-state index in [0.29, 0.717) is 13.0 Å². The van der Waals surface area contributed by atoms with E-state index in [2.05, 4.69) is 51.5 Å². The lowest BCUT2D eigenvalue weighted by Crippen LogP contribution is -2.46. The Labute approximate surface area is 160 Å². The molecule has 1 amide bonds. The molecular formula is C22H27N3O2. The van der Waals surface area contributed by atoms with Gasteiger partial charge in [0.15, 0.2) is 0 Å². The summed E-state index contributed by atoms with van der Waals surface area (Å²) in [5.41, 5.74) is 3.35.